The van der Waals surface area contributed by atoms with Gasteiger partial charge in [-0.1, -0.05) is 12.8 Å². The van der Waals surface area contributed by atoms with Crippen LogP contribution < -0.4 is 9.47 Å². The summed E-state index contributed by atoms with van der Waals surface area (Å²) in [6, 6.07) is 3.56. The second-order valence-electron chi connectivity index (χ2n) is 9.10. The Hall–Kier alpha value is -2.32. The van der Waals surface area contributed by atoms with Crippen LogP contribution in [0.2, 0.25) is 0 Å². The summed E-state index contributed by atoms with van der Waals surface area (Å²) in [6.45, 7) is 4.88. The highest BCUT2D eigenvalue weighted by molar-refractivity contribution is 5.72. The maximum Gasteiger partial charge on any atom is 0.308 e. The van der Waals surface area contributed by atoms with Crippen molar-refractivity contribution in [2.75, 3.05) is 0 Å². The smallest absolute Gasteiger partial charge is 0.308 e. The number of fused-ring (bicyclic) bond motifs is 5. The molecule has 2 saturated carbocycles. The molecule has 0 aromatic heterocycles. The molecule has 4 rings (SSSR count). The number of hydrogen-bond acceptors (Lipinski definition) is 5. The molecule has 29 heavy (non-hydrogen) atoms. The van der Waals surface area contributed by atoms with Crippen molar-refractivity contribution in [1.82, 2.24) is 0 Å². The van der Waals surface area contributed by atoms with Gasteiger partial charge >= 0.3 is 11.9 Å². The van der Waals surface area contributed by atoms with Crippen molar-refractivity contribution >= 4 is 11.9 Å². The summed E-state index contributed by atoms with van der Waals surface area (Å²) in [6.07, 6.45) is 10.8. The van der Waals surface area contributed by atoms with E-state index in [1.54, 1.807) is 6.07 Å². The SMILES string of the molecule is C#C[C@]1(O)CC[C@H]2[C@H]3CCc4cc(OC(C)=O)cc(OC(C)=O)c4[C@H]3CC[C@@]21C. The third kappa shape index (κ3) is 3.05. The van der Waals surface area contributed by atoms with Crippen LogP contribution in [0.1, 0.15) is 69.9 Å². The third-order valence-electron chi connectivity index (χ3n) is 7.66. The first-order chi connectivity index (χ1) is 13.7. The number of esters is 2. The fraction of sp³-hybridized carbons (Fsp3) is 0.583. The number of aliphatic hydroxyl groups is 1. The maximum absolute atomic E-state index is 11.8. The Labute approximate surface area is 171 Å². The van der Waals surface area contributed by atoms with E-state index < -0.39 is 17.5 Å². The molecule has 3 aliphatic carbocycles. The van der Waals surface area contributed by atoms with Gasteiger partial charge in [-0.3, -0.25) is 9.59 Å². The Morgan fingerprint density at radius 1 is 1.14 bits per heavy atom. The lowest BCUT2D eigenvalue weighted by molar-refractivity contribution is -0.132. The van der Waals surface area contributed by atoms with Gasteiger partial charge in [-0.05, 0) is 67.9 Å². The van der Waals surface area contributed by atoms with Crippen molar-refractivity contribution in [3.8, 4) is 23.8 Å². The van der Waals surface area contributed by atoms with E-state index in [1.165, 1.54) is 13.8 Å². The zero-order valence-electron chi connectivity index (χ0n) is 17.3. The minimum Gasteiger partial charge on any atom is -0.427 e. The van der Waals surface area contributed by atoms with Crippen LogP contribution in [0.3, 0.4) is 0 Å². The molecule has 0 radical (unpaired) electrons. The highest BCUT2D eigenvalue weighted by Crippen LogP contribution is 2.65. The summed E-state index contributed by atoms with van der Waals surface area (Å²) < 4.78 is 10.9. The van der Waals surface area contributed by atoms with Crippen LogP contribution in [-0.2, 0) is 16.0 Å². The van der Waals surface area contributed by atoms with Crippen LogP contribution in [-0.4, -0.2) is 22.6 Å². The van der Waals surface area contributed by atoms with Gasteiger partial charge in [0.25, 0.3) is 0 Å². The molecule has 0 spiro atoms. The number of ether oxygens (including phenoxy) is 2. The summed E-state index contributed by atoms with van der Waals surface area (Å²) in [7, 11) is 0. The van der Waals surface area contributed by atoms with Gasteiger partial charge in [0.1, 0.15) is 17.1 Å². The third-order valence-corrected chi connectivity index (χ3v) is 7.66. The van der Waals surface area contributed by atoms with E-state index in [0.29, 0.717) is 29.8 Å². The molecule has 5 nitrogen and oxygen atoms in total. The minimum absolute atomic E-state index is 0.248. The number of terminal acetylenes is 1. The molecule has 1 aromatic carbocycles. The van der Waals surface area contributed by atoms with Gasteiger partial charge in [0.05, 0.1) is 0 Å². The normalized spacial score (nSPS) is 34.9. The van der Waals surface area contributed by atoms with E-state index in [9.17, 15) is 14.7 Å². The second-order valence-corrected chi connectivity index (χ2v) is 9.10. The van der Waals surface area contributed by atoms with Crippen molar-refractivity contribution < 1.29 is 24.2 Å². The molecule has 0 heterocycles. The largest absolute Gasteiger partial charge is 0.427 e. The van der Waals surface area contributed by atoms with E-state index in [4.69, 9.17) is 15.9 Å². The molecule has 0 unspecified atom stereocenters. The number of aryl methyl sites for hydroxylation is 1. The first-order valence-electron chi connectivity index (χ1n) is 10.4. The van der Waals surface area contributed by atoms with Crippen molar-refractivity contribution in [2.45, 2.75) is 70.8 Å². The van der Waals surface area contributed by atoms with Gasteiger partial charge in [-0.25, -0.2) is 0 Å². The predicted molar refractivity (Wildman–Crippen MR) is 107 cm³/mol. The standard InChI is InChI=1S/C24H28O5/c1-5-24(27)11-9-20-18-7-6-16-12-17(28-14(2)25)13-21(29-15(3)26)22(16)19(18)8-10-23(20,24)4/h1,12-13,18-20,27H,6-11H2,2-4H3/t18-,19-,20-,23-,24-/m0/s1. The lowest BCUT2D eigenvalue weighted by Gasteiger charge is -2.52. The monoisotopic (exact) mass is 396 g/mol. The molecular formula is C24H28O5. The molecule has 0 aliphatic heterocycles. The topological polar surface area (TPSA) is 72.8 Å². The molecule has 0 bridgehead atoms. The van der Waals surface area contributed by atoms with Gasteiger partial charge in [0.2, 0.25) is 0 Å². The zero-order valence-corrected chi connectivity index (χ0v) is 17.3. The fourth-order valence-corrected chi connectivity index (χ4v) is 6.37. The lowest BCUT2D eigenvalue weighted by atomic mass is 9.53. The highest BCUT2D eigenvalue weighted by atomic mass is 16.5. The molecule has 154 valence electrons. The van der Waals surface area contributed by atoms with Gasteiger partial charge < -0.3 is 14.6 Å². The summed E-state index contributed by atoms with van der Waals surface area (Å²) in [5.41, 5.74) is 0.821. The van der Waals surface area contributed by atoms with E-state index in [0.717, 1.165) is 43.2 Å². The Kier molecular flexibility index (Phi) is 4.74. The number of carbonyl (C=O) groups excluding carboxylic acids is 2. The van der Waals surface area contributed by atoms with Crippen LogP contribution in [0.15, 0.2) is 12.1 Å². The Morgan fingerprint density at radius 3 is 2.52 bits per heavy atom. The Balaban J connectivity index is 1.75. The van der Waals surface area contributed by atoms with Crippen molar-refractivity contribution in [3.05, 3.63) is 23.3 Å². The molecule has 1 aromatic rings. The highest BCUT2D eigenvalue weighted by Gasteiger charge is 2.61. The second kappa shape index (κ2) is 6.88. The number of carbonyl (C=O) groups is 2. The fourth-order valence-electron chi connectivity index (χ4n) is 6.37. The molecule has 5 heteroatoms. The summed E-state index contributed by atoms with van der Waals surface area (Å²) in [5.74, 6) is 3.78. The number of benzene rings is 1. The van der Waals surface area contributed by atoms with E-state index in [2.05, 4.69) is 12.8 Å². The first kappa shape index (κ1) is 20.0. The first-order valence-corrected chi connectivity index (χ1v) is 10.4. The Morgan fingerprint density at radius 2 is 1.86 bits per heavy atom. The van der Waals surface area contributed by atoms with Crippen LogP contribution >= 0.6 is 0 Å². The summed E-state index contributed by atoms with van der Waals surface area (Å²) in [5, 5.41) is 11.1. The zero-order chi connectivity index (χ0) is 21.0. The van der Waals surface area contributed by atoms with Crippen LogP contribution in [0.25, 0.3) is 0 Å². The van der Waals surface area contributed by atoms with Gasteiger partial charge in [-0.15, -0.1) is 6.42 Å². The average Bonchev–Trinajstić information content (AvgIpc) is 2.92. The average molecular weight is 396 g/mol. The van der Waals surface area contributed by atoms with Crippen LogP contribution in [0.5, 0.6) is 11.5 Å². The van der Waals surface area contributed by atoms with Crippen LogP contribution in [0, 0.1) is 29.6 Å². The van der Waals surface area contributed by atoms with Gasteiger partial charge in [0.15, 0.2) is 0 Å². The number of rotatable bonds is 2. The number of hydrogen-bond donors (Lipinski definition) is 1. The van der Waals surface area contributed by atoms with Crippen molar-refractivity contribution in [3.63, 3.8) is 0 Å². The molecule has 0 amide bonds. The molecule has 3 aliphatic rings. The van der Waals surface area contributed by atoms with Crippen molar-refractivity contribution in [1.29, 1.82) is 0 Å². The molecule has 2 fully saturated rings. The minimum atomic E-state index is -1.04. The van der Waals surface area contributed by atoms with E-state index >= 15 is 0 Å². The van der Waals surface area contributed by atoms with Crippen molar-refractivity contribution in [2.24, 2.45) is 17.3 Å². The summed E-state index contributed by atoms with van der Waals surface area (Å²) >= 11 is 0. The molecule has 5 atom stereocenters. The molecule has 1 N–H and O–H groups in total. The lowest BCUT2D eigenvalue weighted by Crippen LogP contribution is -2.50. The van der Waals surface area contributed by atoms with E-state index in [-0.39, 0.29) is 11.3 Å². The molecular weight excluding hydrogens is 368 g/mol. The van der Waals surface area contributed by atoms with Crippen LogP contribution in [0.4, 0.5) is 0 Å². The molecule has 0 saturated heterocycles. The van der Waals surface area contributed by atoms with Gasteiger partial charge in [0, 0.05) is 30.9 Å². The van der Waals surface area contributed by atoms with E-state index in [1.807, 2.05) is 6.07 Å². The maximum atomic E-state index is 11.8. The summed E-state index contributed by atoms with van der Waals surface area (Å²) in [4.78, 5) is 23.2. The van der Waals surface area contributed by atoms with Gasteiger partial charge in [-0.2, -0.15) is 0 Å². The quantitative estimate of drug-likeness (QED) is 0.468. The Bertz CT molecular complexity index is 913. The predicted octanol–water partition coefficient (Wildman–Crippen LogP) is 3.76.